The smallest absolute Gasteiger partial charge is 0.427 e. The zero-order chi connectivity index (χ0) is 17.2. The average molecular weight is 332 g/mol. The minimum atomic E-state index is -1.17. The number of unbranched alkanes of at least 4 members (excludes halogenated alkanes) is 1. The molecule has 0 bridgehead atoms. The topological polar surface area (TPSA) is 69.7 Å². The molecule has 0 aromatic heterocycles. The van der Waals surface area contributed by atoms with Crippen LogP contribution in [0.25, 0.3) is 0 Å². The molecule has 1 aromatic carbocycles. The van der Waals surface area contributed by atoms with Crippen LogP contribution in [-0.4, -0.2) is 47.7 Å². The third kappa shape index (κ3) is 7.35. The van der Waals surface area contributed by atoms with E-state index in [1.807, 2.05) is 0 Å². The largest absolute Gasteiger partial charge is 0.451 e. The molecule has 4 nitrogen and oxygen atoms in total. The molecule has 4 N–H and O–H groups in total. The molecule has 1 aromatic rings. The second-order valence-corrected chi connectivity index (χ2v) is 7.20. The van der Waals surface area contributed by atoms with Gasteiger partial charge in [-0.25, -0.2) is 0 Å². The van der Waals surface area contributed by atoms with E-state index < -0.39 is 7.12 Å². The Morgan fingerprint density at radius 2 is 1.79 bits per heavy atom. The normalized spacial score (nSPS) is 17.8. The molecule has 1 saturated heterocycles. The predicted molar refractivity (Wildman–Crippen MR) is 101 cm³/mol. The second-order valence-electron chi connectivity index (χ2n) is 7.20. The van der Waals surface area contributed by atoms with Crippen molar-refractivity contribution in [2.45, 2.75) is 57.3 Å². The van der Waals surface area contributed by atoms with Crippen LogP contribution in [0.2, 0.25) is 6.32 Å². The summed E-state index contributed by atoms with van der Waals surface area (Å²) < 4.78 is 0. The van der Waals surface area contributed by atoms with Gasteiger partial charge in [0.15, 0.2) is 0 Å². The van der Waals surface area contributed by atoms with E-state index >= 15 is 0 Å². The molecule has 1 atom stereocenters. The van der Waals surface area contributed by atoms with E-state index in [0.29, 0.717) is 12.2 Å². The number of nitrogens with two attached hydrogens (primary N) is 1. The lowest BCUT2D eigenvalue weighted by atomic mass is 9.82. The molecule has 1 aliphatic heterocycles. The highest BCUT2D eigenvalue weighted by atomic mass is 16.4. The molecule has 24 heavy (non-hydrogen) atoms. The summed E-state index contributed by atoms with van der Waals surface area (Å²) in [4.78, 5) is 2.58. The highest BCUT2D eigenvalue weighted by Gasteiger charge is 2.23. The van der Waals surface area contributed by atoms with Crippen molar-refractivity contribution in [3.05, 3.63) is 35.9 Å². The Balaban J connectivity index is 1.55. The lowest BCUT2D eigenvalue weighted by Gasteiger charge is -2.34. The molecule has 5 heteroatoms. The number of nitrogens with zero attached hydrogens (tertiary/aromatic N) is 1. The Hall–Kier alpha value is -0.875. The van der Waals surface area contributed by atoms with Crippen LogP contribution in [-0.2, 0) is 6.42 Å². The lowest BCUT2D eigenvalue weighted by Crippen LogP contribution is -2.41. The Labute approximate surface area is 147 Å². The van der Waals surface area contributed by atoms with Crippen LogP contribution in [0, 0.1) is 5.92 Å². The van der Waals surface area contributed by atoms with Crippen molar-refractivity contribution < 1.29 is 10.0 Å². The van der Waals surface area contributed by atoms with Gasteiger partial charge in [-0.1, -0.05) is 43.2 Å². The van der Waals surface area contributed by atoms with Gasteiger partial charge in [-0.05, 0) is 69.5 Å². The Morgan fingerprint density at radius 1 is 1.08 bits per heavy atom. The highest BCUT2D eigenvalue weighted by Crippen LogP contribution is 2.23. The third-order valence-corrected chi connectivity index (χ3v) is 5.27. The summed E-state index contributed by atoms with van der Waals surface area (Å²) in [6.07, 6.45) is 8.11. The zero-order valence-corrected chi connectivity index (χ0v) is 14.8. The van der Waals surface area contributed by atoms with E-state index in [0.717, 1.165) is 25.7 Å². The summed E-state index contributed by atoms with van der Waals surface area (Å²) in [5.41, 5.74) is 7.78. The van der Waals surface area contributed by atoms with Crippen molar-refractivity contribution in [3.8, 4) is 0 Å². The Bertz CT molecular complexity index is 436. The monoisotopic (exact) mass is 332 g/mol. The molecule has 134 valence electrons. The van der Waals surface area contributed by atoms with Crippen molar-refractivity contribution in [2.75, 3.05) is 19.6 Å². The van der Waals surface area contributed by atoms with Gasteiger partial charge in [0.2, 0.25) is 0 Å². The Kier molecular flexibility index (Phi) is 8.82. The maximum absolute atomic E-state index is 8.86. The van der Waals surface area contributed by atoms with Crippen molar-refractivity contribution in [1.82, 2.24) is 4.90 Å². The van der Waals surface area contributed by atoms with Gasteiger partial charge in [0.25, 0.3) is 0 Å². The number of benzene rings is 1. The summed E-state index contributed by atoms with van der Waals surface area (Å²) in [6.45, 7) is 3.52. The van der Waals surface area contributed by atoms with E-state index in [2.05, 4.69) is 35.2 Å². The van der Waals surface area contributed by atoms with Gasteiger partial charge in [0, 0.05) is 6.04 Å². The maximum Gasteiger partial charge on any atom is 0.451 e. The van der Waals surface area contributed by atoms with E-state index in [1.54, 1.807) is 0 Å². The highest BCUT2D eigenvalue weighted by molar-refractivity contribution is 6.40. The first-order valence-corrected chi connectivity index (χ1v) is 9.53. The number of likely N-dealkylation sites (tertiary alicyclic amines) is 1. The first-order chi connectivity index (χ1) is 11.6. The molecular formula is C19H33BN2O2. The lowest BCUT2D eigenvalue weighted by molar-refractivity contribution is 0.164. The van der Waals surface area contributed by atoms with Crippen molar-refractivity contribution in [2.24, 2.45) is 11.7 Å². The fourth-order valence-electron chi connectivity index (χ4n) is 3.70. The summed E-state index contributed by atoms with van der Waals surface area (Å²) in [5, 5.41) is 17.7. The van der Waals surface area contributed by atoms with Gasteiger partial charge in [-0.3, -0.25) is 0 Å². The van der Waals surface area contributed by atoms with Crippen LogP contribution < -0.4 is 5.73 Å². The number of hydrogen-bond donors (Lipinski definition) is 3. The van der Waals surface area contributed by atoms with Crippen molar-refractivity contribution >= 4 is 7.12 Å². The molecule has 2 rings (SSSR count). The standard InChI is InChI=1S/C19H33BN2O2/c21-19(10-4-5-13-20(23)24)18-11-15-22(16-12-18)14-6-9-17-7-2-1-3-8-17/h1-3,7-8,18-19,23-24H,4-6,9-16,21H2. The second kappa shape index (κ2) is 10.9. The molecule has 1 fully saturated rings. The fourth-order valence-corrected chi connectivity index (χ4v) is 3.70. The van der Waals surface area contributed by atoms with Crippen LogP contribution in [0.5, 0.6) is 0 Å². The first kappa shape index (κ1) is 19.4. The molecule has 0 aliphatic carbocycles. The van der Waals surface area contributed by atoms with Crippen molar-refractivity contribution in [3.63, 3.8) is 0 Å². The number of piperidine rings is 1. The van der Waals surface area contributed by atoms with Crippen LogP contribution in [0.3, 0.4) is 0 Å². The van der Waals surface area contributed by atoms with Crippen molar-refractivity contribution in [1.29, 1.82) is 0 Å². The molecular weight excluding hydrogens is 299 g/mol. The summed E-state index contributed by atoms with van der Waals surface area (Å²) in [6, 6.07) is 11.0. The summed E-state index contributed by atoms with van der Waals surface area (Å²) >= 11 is 0. The molecule has 1 heterocycles. The minimum Gasteiger partial charge on any atom is -0.427 e. The molecule has 0 spiro atoms. The first-order valence-electron chi connectivity index (χ1n) is 9.53. The number of hydrogen-bond acceptors (Lipinski definition) is 4. The summed E-state index contributed by atoms with van der Waals surface area (Å²) in [7, 11) is -1.17. The summed E-state index contributed by atoms with van der Waals surface area (Å²) in [5.74, 6) is 0.634. The van der Waals surface area contributed by atoms with Gasteiger partial charge in [0.1, 0.15) is 0 Å². The van der Waals surface area contributed by atoms with Crippen LogP contribution in [0.4, 0.5) is 0 Å². The zero-order valence-electron chi connectivity index (χ0n) is 14.8. The van der Waals surface area contributed by atoms with E-state index in [9.17, 15) is 0 Å². The SMILES string of the molecule is NC(CCCCB(O)O)C1CCN(CCCc2ccccc2)CC1. The van der Waals surface area contributed by atoms with Gasteiger partial charge in [0.05, 0.1) is 0 Å². The van der Waals surface area contributed by atoms with Crippen LogP contribution in [0.1, 0.15) is 44.1 Å². The predicted octanol–water partition coefficient (Wildman–Crippen LogP) is 2.30. The maximum atomic E-state index is 8.86. The van der Waals surface area contributed by atoms with Crippen LogP contribution >= 0.6 is 0 Å². The number of aryl methyl sites for hydroxylation is 1. The number of rotatable bonds is 10. The third-order valence-electron chi connectivity index (χ3n) is 5.27. The average Bonchev–Trinajstić information content (AvgIpc) is 2.60. The van der Waals surface area contributed by atoms with E-state index in [1.165, 1.54) is 44.5 Å². The van der Waals surface area contributed by atoms with Gasteiger partial charge in [-0.15, -0.1) is 0 Å². The van der Waals surface area contributed by atoms with E-state index in [-0.39, 0.29) is 6.04 Å². The van der Waals surface area contributed by atoms with Gasteiger partial charge in [-0.2, -0.15) is 0 Å². The van der Waals surface area contributed by atoms with Gasteiger partial charge < -0.3 is 20.7 Å². The quantitative estimate of drug-likeness (QED) is 0.454. The molecule has 0 amide bonds. The minimum absolute atomic E-state index is 0.271. The molecule has 0 radical (unpaired) electrons. The molecule has 1 unspecified atom stereocenters. The van der Waals surface area contributed by atoms with E-state index in [4.69, 9.17) is 15.8 Å². The van der Waals surface area contributed by atoms with Gasteiger partial charge >= 0.3 is 7.12 Å². The Morgan fingerprint density at radius 3 is 2.46 bits per heavy atom. The molecule has 0 saturated carbocycles. The fraction of sp³-hybridized carbons (Fsp3) is 0.684. The molecule has 1 aliphatic rings. The van der Waals surface area contributed by atoms with Crippen LogP contribution in [0.15, 0.2) is 30.3 Å².